The summed E-state index contributed by atoms with van der Waals surface area (Å²) in [4.78, 5) is 36.8. The van der Waals surface area contributed by atoms with Crippen LogP contribution < -0.4 is 10.7 Å². The Bertz CT molecular complexity index is 1370. The third kappa shape index (κ3) is 5.35. The van der Waals surface area contributed by atoms with E-state index in [1.165, 1.54) is 22.5 Å². The van der Waals surface area contributed by atoms with E-state index in [2.05, 4.69) is 5.32 Å². The number of fused-ring (bicyclic) bond motifs is 1. The molecule has 1 aromatic heterocycles. The van der Waals surface area contributed by atoms with Crippen molar-refractivity contribution in [3.05, 3.63) is 70.6 Å². The number of amides is 1. The monoisotopic (exact) mass is 484 g/mol. The molecule has 4 rings (SSSR count). The molecule has 1 aliphatic heterocycles. The van der Waals surface area contributed by atoms with Gasteiger partial charge in [-0.05, 0) is 43.2 Å². The molecule has 2 heterocycles. The molecule has 10 heteroatoms. The Hall–Kier alpha value is -3.50. The summed E-state index contributed by atoms with van der Waals surface area (Å²) in [6.45, 7) is 0.304. The van der Waals surface area contributed by atoms with Crippen LogP contribution in [0, 0.1) is 0 Å². The normalized spacial score (nSPS) is 14.9. The zero-order valence-corrected chi connectivity index (χ0v) is 19.2. The molecule has 2 aromatic carbocycles. The number of para-hydroxylation sites is 1. The molecule has 1 aliphatic rings. The third-order valence-electron chi connectivity index (χ3n) is 5.49. The molecule has 1 amide bonds. The van der Waals surface area contributed by atoms with E-state index in [0.717, 1.165) is 31.7 Å². The van der Waals surface area contributed by atoms with E-state index >= 15 is 0 Å². The van der Waals surface area contributed by atoms with E-state index < -0.39 is 33.9 Å². The van der Waals surface area contributed by atoms with Gasteiger partial charge in [0.05, 0.1) is 10.3 Å². The first-order chi connectivity index (χ1) is 16.3. The molecular formula is C24H24N2O7S. The predicted molar refractivity (Wildman–Crippen MR) is 125 cm³/mol. The summed E-state index contributed by atoms with van der Waals surface area (Å²) in [5.74, 6) is -1.95. The van der Waals surface area contributed by atoms with E-state index in [1.54, 1.807) is 30.3 Å². The van der Waals surface area contributed by atoms with Crippen molar-refractivity contribution in [3.63, 3.8) is 0 Å². The molecule has 0 unspecified atom stereocenters. The van der Waals surface area contributed by atoms with Crippen LogP contribution in [-0.4, -0.2) is 44.3 Å². The van der Waals surface area contributed by atoms with Crippen molar-refractivity contribution in [2.75, 3.05) is 25.0 Å². The highest BCUT2D eigenvalue weighted by Crippen LogP contribution is 2.22. The van der Waals surface area contributed by atoms with Crippen LogP contribution >= 0.6 is 0 Å². The number of anilines is 1. The smallest absolute Gasteiger partial charge is 0.374 e. The third-order valence-corrected chi connectivity index (χ3v) is 7.39. The van der Waals surface area contributed by atoms with Crippen LogP contribution in [0.25, 0.3) is 11.0 Å². The highest BCUT2D eigenvalue weighted by atomic mass is 32.2. The molecule has 1 fully saturated rings. The molecule has 0 radical (unpaired) electrons. The fraction of sp³-hybridized carbons (Fsp3) is 0.292. The molecule has 0 bridgehead atoms. The standard InChI is InChI=1S/C24H24N2O7S/c27-20-15-22(33-21-11-4-3-10-19(20)21)24(29)32-16-23(28)25-17-8-7-9-18(14-17)34(30,31)26-12-5-1-2-6-13-26/h3-4,7-11,14-15H,1-2,5-6,12-13,16H2,(H,25,28). The largest absolute Gasteiger partial charge is 0.450 e. The molecule has 0 atom stereocenters. The SMILES string of the molecule is O=C(COC(=O)c1cc(=O)c2ccccc2o1)Nc1cccc(S(=O)(=O)N2CCCCCC2)c1. The zero-order valence-electron chi connectivity index (χ0n) is 18.4. The maximum atomic E-state index is 13.0. The molecule has 3 aromatic rings. The van der Waals surface area contributed by atoms with E-state index in [1.807, 2.05) is 0 Å². The second kappa shape index (κ2) is 10.2. The number of hydrogen-bond acceptors (Lipinski definition) is 7. The zero-order chi connectivity index (χ0) is 24.1. The second-order valence-corrected chi connectivity index (χ2v) is 9.88. The lowest BCUT2D eigenvalue weighted by atomic mass is 10.2. The number of benzene rings is 2. The Balaban J connectivity index is 1.40. The lowest BCUT2D eigenvalue weighted by Crippen LogP contribution is -2.32. The Labute approximate surface area is 196 Å². The minimum Gasteiger partial charge on any atom is -0.450 e. The molecule has 1 N–H and O–H groups in total. The first kappa shape index (κ1) is 23.7. The van der Waals surface area contributed by atoms with Gasteiger partial charge in [0, 0.05) is 24.8 Å². The van der Waals surface area contributed by atoms with Gasteiger partial charge in [0.25, 0.3) is 5.91 Å². The van der Waals surface area contributed by atoms with Crippen molar-refractivity contribution in [2.45, 2.75) is 30.6 Å². The number of carbonyl (C=O) groups is 2. The summed E-state index contributed by atoms with van der Waals surface area (Å²) in [6.07, 6.45) is 3.64. The van der Waals surface area contributed by atoms with Crippen LogP contribution in [0.2, 0.25) is 0 Å². The molecule has 178 valence electrons. The van der Waals surface area contributed by atoms with Gasteiger partial charge in [0.15, 0.2) is 12.0 Å². The summed E-state index contributed by atoms with van der Waals surface area (Å²) >= 11 is 0. The fourth-order valence-electron chi connectivity index (χ4n) is 3.77. The molecule has 0 spiro atoms. The second-order valence-electron chi connectivity index (χ2n) is 7.94. The van der Waals surface area contributed by atoms with Gasteiger partial charge in [0.1, 0.15) is 5.58 Å². The number of sulfonamides is 1. The van der Waals surface area contributed by atoms with Crippen LogP contribution in [0.1, 0.15) is 36.2 Å². The van der Waals surface area contributed by atoms with Crippen LogP contribution in [0.3, 0.4) is 0 Å². The van der Waals surface area contributed by atoms with Gasteiger partial charge >= 0.3 is 5.97 Å². The average molecular weight is 485 g/mol. The number of nitrogens with zero attached hydrogens (tertiary/aromatic N) is 1. The van der Waals surface area contributed by atoms with Crippen molar-refractivity contribution >= 4 is 38.6 Å². The molecule has 0 aliphatic carbocycles. The number of esters is 1. The van der Waals surface area contributed by atoms with Crippen molar-refractivity contribution in [3.8, 4) is 0 Å². The highest BCUT2D eigenvalue weighted by Gasteiger charge is 2.25. The summed E-state index contributed by atoms with van der Waals surface area (Å²) in [6, 6.07) is 13.4. The Morgan fingerprint density at radius 2 is 1.71 bits per heavy atom. The first-order valence-corrected chi connectivity index (χ1v) is 12.4. The maximum Gasteiger partial charge on any atom is 0.374 e. The van der Waals surface area contributed by atoms with Crippen LogP contribution in [0.15, 0.2) is 68.7 Å². The number of carbonyl (C=O) groups excluding carboxylic acids is 2. The predicted octanol–water partition coefficient (Wildman–Crippen LogP) is 3.15. The van der Waals surface area contributed by atoms with Gasteiger partial charge in [-0.15, -0.1) is 0 Å². The first-order valence-electron chi connectivity index (χ1n) is 10.9. The minimum atomic E-state index is -3.67. The van der Waals surface area contributed by atoms with Gasteiger partial charge in [-0.1, -0.05) is 31.0 Å². The van der Waals surface area contributed by atoms with Crippen molar-refractivity contribution in [1.29, 1.82) is 0 Å². The van der Waals surface area contributed by atoms with Crippen molar-refractivity contribution < 1.29 is 27.2 Å². The lowest BCUT2D eigenvalue weighted by molar-refractivity contribution is -0.119. The lowest BCUT2D eigenvalue weighted by Gasteiger charge is -2.20. The van der Waals surface area contributed by atoms with E-state index in [0.29, 0.717) is 18.5 Å². The molecule has 0 saturated carbocycles. The minimum absolute atomic E-state index is 0.0853. The Morgan fingerprint density at radius 1 is 0.971 bits per heavy atom. The summed E-state index contributed by atoms with van der Waals surface area (Å²) in [5.41, 5.74) is 0.0868. The number of ether oxygens (including phenoxy) is 1. The number of rotatable bonds is 6. The van der Waals surface area contributed by atoms with E-state index in [-0.39, 0.29) is 21.9 Å². The van der Waals surface area contributed by atoms with Crippen LogP contribution in [0.5, 0.6) is 0 Å². The quantitative estimate of drug-likeness (QED) is 0.533. The van der Waals surface area contributed by atoms with Crippen molar-refractivity contribution in [2.24, 2.45) is 0 Å². The molecule has 9 nitrogen and oxygen atoms in total. The Morgan fingerprint density at radius 3 is 2.47 bits per heavy atom. The summed E-state index contributed by atoms with van der Waals surface area (Å²) in [5, 5.41) is 2.85. The molecule has 1 saturated heterocycles. The van der Waals surface area contributed by atoms with Crippen molar-refractivity contribution in [1.82, 2.24) is 4.31 Å². The summed E-state index contributed by atoms with van der Waals surface area (Å²) < 4.78 is 37.8. The molecule has 34 heavy (non-hydrogen) atoms. The maximum absolute atomic E-state index is 13.0. The van der Waals surface area contributed by atoms with E-state index in [4.69, 9.17) is 9.15 Å². The highest BCUT2D eigenvalue weighted by molar-refractivity contribution is 7.89. The van der Waals surface area contributed by atoms with E-state index in [9.17, 15) is 22.8 Å². The number of hydrogen-bond donors (Lipinski definition) is 1. The van der Waals surface area contributed by atoms with Crippen LogP contribution in [-0.2, 0) is 19.6 Å². The topological polar surface area (TPSA) is 123 Å². The van der Waals surface area contributed by atoms with Gasteiger partial charge in [0.2, 0.25) is 15.8 Å². The number of nitrogens with one attached hydrogen (secondary N) is 1. The average Bonchev–Trinajstić information content (AvgIpc) is 3.13. The molecular weight excluding hydrogens is 460 g/mol. The van der Waals surface area contributed by atoms with Gasteiger partial charge < -0.3 is 14.5 Å². The van der Waals surface area contributed by atoms with Crippen LogP contribution in [0.4, 0.5) is 5.69 Å². The van der Waals surface area contributed by atoms with Gasteiger partial charge in [-0.2, -0.15) is 4.31 Å². The Kier molecular flexibility index (Phi) is 7.09. The fourth-order valence-corrected chi connectivity index (χ4v) is 5.33. The summed E-state index contributed by atoms with van der Waals surface area (Å²) in [7, 11) is -3.67. The van der Waals surface area contributed by atoms with Gasteiger partial charge in [-0.3, -0.25) is 9.59 Å². The van der Waals surface area contributed by atoms with Gasteiger partial charge in [-0.25, -0.2) is 13.2 Å².